The van der Waals surface area contributed by atoms with Crippen molar-refractivity contribution in [2.45, 2.75) is 24.1 Å². The lowest BCUT2D eigenvalue weighted by Gasteiger charge is -2.27. The summed E-state index contributed by atoms with van der Waals surface area (Å²) in [4.78, 5) is 17.0. The SMILES string of the molecule is CS[C@H]1CN(C(=O)COc2ccccc2C#N)C[C@H]1N1CCCC1. The number of carbonyl (C=O) groups excluding carboxylic acids is 1. The number of nitriles is 1. The zero-order valence-corrected chi connectivity index (χ0v) is 14.8. The van der Waals surface area contributed by atoms with Gasteiger partial charge in [-0.3, -0.25) is 9.69 Å². The Balaban J connectivity index is 1.58. The zero-order valence-electron chi connectivity index (χ0n) is 14.0. The van der Waals surface area contributed by atoms with Crippen LogP contribution in [0.3, 0.4) is 0 Å². The second kappa shape index (κ2) is 7.91. The second-order valence-electron chi connectivity index (χ2n) is 6.28. The minimum Gasteiger partial charge on any atom is -0.482 e. The molecule has 5 nitrogen and oxygen atoms in total. The number of likely N-dealkylation sites (tertiary alicyclic amines) is 2. The van der Waals surface area contributed by atoms with Crippen molar-refractivity contribution in [2.24, 2.45) is 0 Å². The van der Waals surface area contributed by atoms with Gasteiger partial charge in [0.1, 0.15) is 11.8 Å². The number of amides is 1. The molecule has 0 spiro atoms. The molecule has 0 N–H and O–H groups in total. The summed E-state index contributed by atoms with van der Waals surface area (Å²) in [6.07, 6.45) is 4.65. The lowest BCUT2D eigenvalue weighted by molar-refractivity contribution is -0.132. The van der Waals surface area contributed by atoms with Gasteiger partial charge in [-0.15, -0.1) is 0 Å². The summed E-state index contributed by atoms with van der Waals surface area (Å²) in [5.41, 5.74) is 0.462. The van der Waals surface area contributed by atoms with E-state index in [0.717, 1.165) is 26.2 Å². The molecular weight excluding hydrogens is 322 g/mol. The number of hydrogen-bond acceptors (Lipinski definition) is 5. The first kappa shape index (κ1) is 17.1. The van der Waals surface area contributed by atoms with Gasteiger partial charge in [-0.05, 0) is 44.3 Å². The van der Waals surface area contributed by atoms with E-state index in [-0.39, 0.29) is 12.5 Å². The molecule has 0 unspecified atom stereocenters. The van der Waals surface area contributed by atoms with E-state index in [1.54, 1.807) is 18.2 Å². The average molecular weight is 345 g/mol. The standard InChI is InChI=1S/C18H23N3O2S/c1-24-17-12-21(11-15(17)20-8-4-5-9-20)18(22)13-23-16-7-3-2-6-14(16)10-19/h2-3,6-7,15,17H,4-5,8-9,11-13H2,1H3/t15-,17+/m1/s1. The molecule has 0 aromatic heterocycles. The third kappa shape index (κ3) is 3.68. The van der Waals surface area contributed by atoms with Gasteiger partial charge in [-0.25, -0.2) is 0 Å². The molecule has 3 rings (SSSR count). The quantitative estimate of drug-likeness (QED) is 0.817. The second-order valence-corrected chi connectivity index (χ2v) is 7.36. The molecule has 128 valence electrons. The van der Waals surface area contributed by atoms with Crippen molar-refractivity contribution < 1.29 is 9.53 Å². The van der Waals surface area contributed by atoms with E-state index in [2.05, 4.69) is 17.2 Å². The Hall–Kier alpha value is -1.71. The van der Waals surface area contributed by atoms with E-state index in [1.807, 2.05) is 22.7 Å². The number of nitrogens with zero attached hydrogens (tertiary/aromatic N) is 3. The molecule has 1 amide bonds. The number of thioether (sulfide) groups is 1. The van der Waals surface area contributed by atoms with Crippen LogP contribution in [0, 0.1) is 11.3 Å². The summed E-state index contributed by atoms with van der Waals surface area (Å²) in [6, 6.07) is 9.57. The van der Waals surface area contributed by atoms with Crippen LogP contribution >= 0.6 is 11.8 Å². The number of rotatable bonds is 5. The van der Waals surface area contributed by atoms with Crippen molar-refractivity contribution in [3.63, 3.8) is 0 Å². The van der Waals surface area contributed by atoms with Crippen LogP contribution in [0.1, 0.15) is 18.4 Å². The molecule has 2 fully saturated rings. The van der Waals surface area contributed by atoms with Gasteiger partial charge in [0.25, 0.3) is 5.91 Å². The molecule has 2 aliphatic rings. The Morgan fingerprint density at radius 1 is 1.33 bits per heavy atom. The Morgan fingerprint density at radius 2 is 2.08 bits per heavy atom. The summed E-state index contributed by atoms with van der Waals surface area (Å²) < 4.78 is 5.60. The Labute approximate surface area is 147 Å². The predicted octanol–water partition coefficient (Wildman–Crippen LogP) is 1.98. The normalized spacial score (nSPS) is 24.1. The average Bonchev–Trinajstić information content (AvgIpc) is 3.28. The smallest absolute Gasteiger partial charge is 0.260 e. The lowest BCUT2D eigenvalue weighted by Crippen LogP contribution is -2.41. The molecule has 0 aliphatic carbocycles. The van der Waals surface area contributed by atoms with Gasteiger partial charge in [0.05, 0.1) is 5.56 Å². The largest absolute Gasteiger partial charge is 0.482 e. The van der Waals surface area contributed by atoms with Crippen molar-refractivity contribution in [1.82, 2.24) is 9.80 Å². The summed E-state index contributed by atoms with van der Waals surface area (Å²) in [7, 11) is 0. The molecule has 24 heavy (non-hydrogen) atoms. The van der Waals surface area contributed by atoms with Crippen LogP contribution in [-0.4, -0.2) is 66.0 Å². The number of carbonyl (C=O) groups is 1. The first-order chi connectivity index (χ1) is 11.7. The van der Waals surface area contributed by atoms with Crippen molar-refractivity contribution in [2.75, 3.05) is 39.0 Å². The molecule has 6 heteroatoms. The van der Waals surface area contributed by atoms with Crippen LogP contribution in [0.5, 0.6) is 5.75 Å². The van der Waals surface area contributed by atoms with Crippen molar-refractivity contribution in [3.8, 4) is 11.8 Å². The third-order valence-corrected chi connectivity index (χ3v) is 5.93. The monoisotopic (exact) mass is 345 g/mol. The Bertz CT molecular complexity index is 625. The predicted molar refractivity (Wildman–Crippen MR) is 95.1 cm³/mol. The zero-order chi connectivity index (χ0) is 16.9. The minimum atomic E-state index is -0.00743. The summed E-state index contributed by atoms with van der Waals surface area (Å²) in [5, 5.41) is 9.55. The number of para-hydroxylation sites is 1. The van der Waals surface area contributed by atoms with E-state index in [1.165, 1.54) is 12.8 Å². The van der Waals surface area contributed by atoms with Crippen LogP contribution in [0.2, 0.25) is 0 Å². The van der Waals surface area contributed by atoms with Crippen molar-refractivity contribution in [1.29, 1.82) is 5.26 Å². The molecule has 0 radical (unpaired) electrons. The molecule has 0 saturated carbocycles. The van der Waals surface area contributed by atoms with Gasteiger partial charge < -0.3 is 9.64 Å². The molecule has 2 aliphatic heterocycles. The van der Waals surface area contributed by atoms with Gasteiger partial charge in [0, 0.05) is 24.4 Å². The van der Waals surface area contributed by atoms with Crippen LogP contribution < -0.4 is 4.74 Å². The van der Waals surface area contributed by atoms with Crippen LogP contribution in [0.15, 0.2) is 24.3 Å². The first-order valence-electron chi connectivity index (χ1n) is 8.39. The molecule has 2 saturated heterocycles. The molecule has 1 aromatic rings. The van der Waals surface area contributed by atoms with E-state index < -0.39 is 0 Å². The number of ether oxygens (including phenoxy) is 1. The third-order valence-electron chi connectivity index (χ3n) is 4.86. The fourth-order valence-electron chi connectivity index (χ4n) is 3.53. The Morgan fingerprint density at radius 3 is 2.79 bits per heavy atom. The van der Waals surface area contributed by atoms with E-state index in [0.29, 0.717) is 22.6 Å². The molecular formula is C18H23N3O2S. The van der Waals surface area contributed by atoms with E-state index >= 15 is 0 Å². The number of benzene rings is 1. The van der Waals surface area contributed by atoms with Gasteiger partial charge in [0.2, 0.25) is 0 Å². The molecule has 2 atom stereocenters. The maximum absolute atomic E-state index is 12.5. The fraction of sp³-hybridized carbons (Fsp3) is 0.556. The maximum Gasteiger partial charge on any atom is 0.260 e. The lowest BCUT2D eigenvalue weighted by atomic mass is 10.2. The highest BCUT2D eigenvalue weighted by Crippen LogP contribution is 2.28. The Kier molecular flexibility index (Phi) is 5.64. The molecule has 1 aromatic carbocycles. The van der Waals surface area contributed by atoms with Crippen molar-refractivity contribution >= 4 is 17.7 Å². The highest BCUT2D eigenvalue weighted by molar-refractivity contribution is 7.99. The summed E-state index contributed by atoms with van der Waals surface area (Å²) in [5.74, 6) is 0.480. The summed E-state index contributed by atoms with van der Waals surface area (Å²) >= 11 is 1.85. The van der Waals surface area contributed by atoms with Gasteiger partial charge in [-0.1, -0.05) is 12.1 Å². The first-order valence-corrected chi connectivity index (χ1v) is 9.68. The van der Waals surface area contributed by atoms with E-state index in [9.17, 15) is 4.79 Å². The highest BCUT2D eigenvalue weighted by atomic mass is 32.2. The topological polar surface area (TPSA) is 56.6 Å². The minimum absolute atomic E-state index is 0.00323. The van der Waals surface area contributed by atoms with Crippen molar-refractivity contribution in [3.05, 3.63) is 29.8 Å². The highest BCUT2D eigenvalue weighted by Gasteiger charge is 2.38. The maximum atomic E-state index is 12.5. The fourth-order valence-corrected chi connectivity index (χ4v) is 4.43. The van der Waals surface area contributed by atoms with Crippen LogP contribution in [0.25, 0.3) is 0 Å². The summed E-state index contributed by atoms with van der Waals surface area (Å²) in [6.45, 7) is 3.86. The molecule has 2 heterocycles. The van der Waals surface area contributed by atoms with Gasteiger partial charge in [-0.2, -0.15) is 17.0 Å². The van der Waals surface area contributed by atoms with Gasteiger partial charge in [0.15, 0.2) is 6.61 Å². The van der Waals surface area contributed by atoms with E-state index in [4.69, 9.17) is 10.00 Å². The molecule has 0 bridgehead atoms. The van der Waals surface area contributed by atoms with Gasteiger partial charge >= 0.3 is 0 Å². The van der Waals surface area contributed by atoms with Crippen LogP contribution in [-0.2, 0) is 4.79 Å². The van der Waals surface area contributed by atoms with Crippen LogP contribution in [0.4, 0.5) is 0 Å². The number of hydrogen-bond donors (Lipinski definition) is 0.